The summed E-state index contributed by atoms with van der Waals surface area (Å²) in [5.74, 6) is -1.81. The molecule has 0 aliphatic rings. The van der Waals surface area contributed by atoms with Gasteiger partial charge in [-0.15, -0.1) is 0 Å². The Labute approximate surface area is 94.9 Å². The Morgan fingerprint density at radius 3 is 2.75 bits per heavy atom. The van der Waals surface area contributed by atoms with Crippen molar-refractivity contribution in [3.05, 3.63) is 38.7 Å². The fourth-order valence-electron chi connectivity index (χ4n) is 1.07. The Morgan fingerprint density at radius 2 is 2.25 bits per heavy atom. The zero-order chi connectivity index (χ0) is 12.3. The van der Waals surface area contributed by atoms with E-state index in [-0.39, 0.29) is 12.2 Å². The van der Waals surface area contributed by atoms with Crippen molar-refractivity contribution >= 4 is 23.3 Å². The van der Waals surface area contributed by atoms with E-state index in [0.29, 0.717) is 6.07 Å². The topological polar surface area (TPSA) is 69.4 Å². The number of halogens is 2. The van der Waals surface area contributed by atoms with Gasteiger partial charge in [-0.2, -0.15) is 0 Å². The number of carbonyl (C=O) groups excluding carboxylic acids is 1. The summed E-state index contributed by atoms with van der Waals surface area (Å²) in [6, 6.07) is 1.44. The first-order valence-corrected chi connectivity index (χ1v) is 4.65. The number of nitro benzene ring substituents is 1. The molecule has 0 N–H and O–H groups in total. The van der Waals surface area contributed by atoms with E-state index >= 15 is 0 Å². The van der Waals surface area contributed by atoms with Gasteiger partial charge in [-0.3, -0.25) is 10.1 Å². The number of hydrogen-bond donors (Lipinski definition) is 0. The van der Waals surface area contributed by atoms with Gasteiger partial charge in [-0.1, -0.05) is 11.6 Å². The van der Waals surface area contributed by atoms with Crippen LogP contribution >= 0.6 is 11.6 Å². The van der Waals surface area contributed by atoms with Crippen LogP contribution in [0.1, 0.15) is 17.3 Å². The average Bonchev–Trinajstić information content (AvgIpc) is 2.20. The molecule has 0 bridgehead atoms. The number of esters is 1. The average molecular weight is 248 g/mol. The molecule has 1 aromatic carbocycles. The standard InChI is InChI=1S/C9H7ClFNO4/c1-2-16-9(13)6-3-5(11)4-7(8(6)10)12(14)15/h3-4H,2H2,1H3. The summed E-state index contributed by atoms with van der Waals surface area (Å²) < 4.78 is 17.6. The molecule has 0 unspecified atom stereocenters. The number of carbonyl (C=O) groups is 1. The molecular formula is C9H7ClFNO4. The van der Waals surface area contributed by atoms with Gasteiger partial charge in [0.25, 0.3) is 5.69 Å². The van der Waals surface area contributed by atoms with Crippen molar-refractivity contribution in [1.29, 1.82) is 0 Å². The van der Waals surface area contributed by atoms with Gasteiger partial charge in [-0.05, 0) is 13.0 Å². The SMILES string of the molecule is CCOC(=O)c1cc(F)cc([N+](=O)[O-])c1Cl. The first kappa shape index (κ1) is 12.4. The second-order valence-electron chi connectivity index (χ2n) is 2.76. The summed E-state index contributed by atoms with van der Waals surface area (Å²) >= 11 is 5.60. The van der Waals surface area contributed by atoms with E-state index in [1.807, 2.05) is 0 Å². The summed E-state index contributed by atoms with van der Waals surface area (Å²) in [6.07, 6.45) is 0. The molecule has 0 spiro atoms. The minimum atomic E-state index is -0.917. The van der Waals surface area contributed by atoms with Gasteiger partial charge in [0.1, 0.15) is 10.8 Å². The first-order chi connectivity index (χ1) is 7.47. The Hall–Kier alpha value is -1.69. The Morgan fingerprint density at radius 1 is 1.62 bits per heavy atom. The summed E-state index contributed by atoms with van der Waals surface area (Å²) in [4.78, 5) is 20.9. The lowest BCUT2D eigenvalue weighted by atomic mass is 10.2. The predicted octanol–water partition coefficient (Wildman–Crippen LogP) is 2.56. The van der Waals surface area contributed by atoms with E-state index in [4.69, 9.17) is 11.6 Å². The highest BCUT2D eigenvalue weighted by Gasteiger charge is 2.23. The maximum Gasteiger partial charge on any atom is 0.340 e. The first-order valence-electron chi connectivity index (χ1n) is 4.28. The van der Waals surface area contributed by atoms with Gasteiger partial charge < -0.3 is 4.74 Å². The van der Waals surface area contributed by atoms with Gasteiger partial charge in [0.05, 0.1) is 23.2 Å². The van der Waals surface area contributed by atoms with Crippen LogP contribution < -0.4 is 0 Å². The maximum absolute atomic E-state index is 13.0. The largest absolute Gasteiger partial charge is 0.462 e. The lowest BCUT2D eigenvalue weighted by molar-refractivity contribution is -0.384. The second-order valence-corrected chi connectivity index (χ2v) is 3.14. The smallest absolute Gasteiger partial charge is 0.340 e. The molecule has 0 heterocycles. The van der Waals surface area contributed by atoms with Gasteiger partial charge in [0, 0.05) is 0 Å². The molecule has 0 atom stereocenters. The van der Waals surface area contributed by atoms with Crippen LogP contribution in [-0.4, -0.2) is 17.5 Å². The number of rotatable bonds is 3. The predicted molar refractivity (Wildman–Crippen MR) is 54.0 cm³/mol. The summed E-state index contributed by atoms with van der Waals surface area (Å²) in [5, 5.41) is 10.1. The summed E-state index contributed by atoms with van der Waals surface area (Å²) in [6.45, 7) is 1.62. The van der Waals surface area contributed by atoms with E-state index < -0.39 is 27.4 Å². The number of ether oxygens (including phenoxy) is 1. The zero-order valence-corrected chi connectivity index (χ0v) is 8.95. The van der Waals surface area contributed by atoms with E-state index in [2.05, 4.69) is 4.74 Å². The van der Waals surface area contributed by atoms with Crippen molar-refractivity contribution in [2.45, 2.75) is 6.92 Å². The number of benzene rings is 1. The van der Waals surface area contributed by atoms with Crippen LogP contribution in [0, 0.1) is 15.9 Å². The molecule has 0 amide bonds. The lowest BCUT2D eigenvalue weighted by Crippen LogP contribution is -2.07. The minimum Gasteiger partial charge on any atom is -0.462 e. The van der Waals surface area contributed by atoms with Crippen molar-refractivity contribution in [3.63, 3.8) is 0 Å². The number of nitrogens with zero attached hydrogens (tertiary/aromatic N) is 1. The third-order valence-corrected chi connectivity index (χ3v) is 2.11. The van der Waals surface area contributed by atoms with Crippen molar-refractivity contribution in [2.75, 3.05) is 6.61 Å². The van der Waals surface area contributed by atoms with Crippen molar-refractivity contribution in [1.82, 2.24) is 0 Å². The van der Waals surface area contributed by atoms with E-state index in [9.17, 15) is 19.3 Å². The Balaban J connectivity index is 3.29. The highest BCUT2D eigenvalue weighted by molar-refractivity contribution is 6.35. The Bertz CT molecular complexity index is 449. The molecule has 16 heavy (non-hydrogen) atoms. The number of nitro groups is 1. The normalized spacial score (nSPS) is 9.94. The Kier molecular flexibility index (Phi) is 3.78. The fraction of sp³-hybridized carbons (Fsp3) is 0.222. The maximum atomic E-state index is 13.0. The van der Waals surface area contributed by atoms with Gasteiger partial charge in [0.2, 0.25) is 0 Å². The van der Waals surface area contributed by atoms with Crippen LogP contribution in [-0.2, 0) is 4.74 Å². The molecule has 0 aliphatic carbocycles. The molecule has 0 radical (unpaired) electrons. The number of hydrogen-bond acceptors (Lipinski definition) is 4. The minimum absolute atomic E-state index is 0.0689. The molecule has 5 nitrogen and oxygen atoms in total. The second kappa shape index (κ2) is 4.89. The molecule has 0 saturated heterocycles. The quantitative estimate of drug-likeness (QED) is 0.468. The van der Waals surface area contributed by atoms with Crippen LogP contribution in [0.25, 0.3) is 0 Å². The fourth-order valence-corrected chi connectivity index (χ4v) is 1.32. The molecule has 1 aromatic rings. The molecule has 7 heteroatoms. The van der Waals surface area contributed by atoms with Gasteiger partial charge in [0.15, 0.2) is 0 Å². The molecule has 0 aliphatic heterocycles. The van der Waals surface area contributed by atoms with Crippen LogP contribution in [0.4, 0.5) is 10.1 Å². The summed E-state index contributed by atoms with van der Waals surface area (Å²) in [7, 11) is 0. The van der Waals surface area contributed by atoms with Crippen molar-refractivity contribution < 1.29 is 18.8 Å². The molecule has 0 saturated carbocycles. The highest BCUT2D eigenvalue weighted by atomic mass is 35.5. The van der Waals surface area contributed by atoms with Crippen molar-refractivity contribution in [2.24, 2.45) is 0 Å². The monoisotopic (exact) mass is 247 g/mol. The molecular weight excluding hydrogens is 241 g/mol. The van der Waals surface area contributed by atoms with Gasteiger partial charge in [-0.25, -0.2) is 9.18 Å². The van der Waals surface area contributed by atoms with Crippen LogP contribution in [0.3, 0.4) is 0 Å². The third-order valence-electron chi connectivity index (χ3n) is 1.71. The van der Waals surface area contributed by atoms with Crippen LogP contribution in [0.5, 0.6) is 0 Å². The van der Waals surface area contributed by atoms with Gasteiger partial charge >= 0.3 is 5.97 Å². The zero-order valence-electron chi connectivity index (χ0n) is 8.20. The highest BCUT2D eigenvalue weighted by Crippen LogP contribution is 2.29. The third kappa shape index (κ3) is 2.46. The van der Waals surface area contributed by atoms with E-state index in [1.54, 1.807) is 6.92 Å². The van der Waals surface area contributed by atoms with E-state index in [1.165, 1.54) is 0 Å². The van der Waals surface area contributed by atoms with Crippen molar-refractivity contribution in [3.8, 4) is 0 Å². The molecule has 1 rings (SSSR count). The van der Waals surface area contributed by atoms with Crippen LogP contribution in [0.2, 0.25) is 5.02 Å². The van der Waals surface area contributed by atoms with Crippen LogP contribution in [0.15, 0.2) is 12.1 Å². The molecule has 0 fully saturated rings. The molecule has 86 valence electrons. The molecule has 0 aromatic heterocycles. The summed E-state index contributed by atoms with van der Waals surface area (Å²) in [5.41, 5.74) is -1.01. The van der Waals surface area contributed by atoms with E-state index in [0.717, 1.165) is 6.07 Å². The lowest BCUT2D eigenvalue weighted by Gasteiger charge is -2.04.